The Balaban J connectivity index is 1.89. The van der Waals surface area contributed by atoms with E-state index in [1.807, 2.05) is 20.0 Å². The van der Waals surface area contributed by atoms with Crippen molar-refractivity contribution in [3.8, 4) is 0 Å². The van der Waals surface area contributed by atoms with Crippen LogP contribution in [0.4, 0.5) is 4.39 Å². The van der Waals surface area contributed by atoms with E-state index in [4.69, 9.17) is 4.74 Å². The summed E-state index contributed by atoms with van der Waals surface area (Å²) in [6, 6.07) is 4.95. The summed E-state index contributed by atoms with van der Waals surface area (Å²) in [5.74, 6) is -0.167. The minimum Gasteiger partial charge on any atom is -0.374 e. The number of ether oxygens (including phenoxy) is 1. The van der Waals surface area contributed by atoms with E-state index in [0.717, 1.165) is 43.9 Å². The van der Waals surface area contributed by atoms with Gasteiger partial charge in [0.05, 0.1) is 12.7 Å². The molecule has 3 nitrogen and oxygen atoms in total. The van der Waals surface area contributed by atoms with Gasteiger partial charge in [0.2, 0.25) is 0 Å². The lowest BCUT2D eigenvalue weighted by atomic mass is 10.1. The number of likely N-dealkylation sites (N-methyl/N-ethyl adjacent to an activating group) is 1. The number of benzene rings is 1. The van der Waals surface area contributed by atoms with Crippen molar-refractivity contribution >= 4 is 0 Å². The minimum atomic E-state index is -0.167. The molecule has 0 bridgehead atoms. The molecule has 1 aliphatic rings. The molecule has 1 aliphatic heterocycles. The fourth-order valence-electron chi connectivity index (χ4n) is 2.25. The predicted molar refractivity (Wildman–Crippen MR) is 70.1 cm³/mol. The van der Waals surface area contributed by atoms with E-state index in [0.29, 0.717) is 0 Å². The first kappa shape index (κ1) is 13.5. The predicted octanol–water partition coefficient (Wildman–Crippen LogP) is 1.55. The highest BCUT2D eigenvalue weighted by Crippen LogP contribution is 2.13. The second-order valence-electron chi connectivity index (χ2n) is 4.96. The van der Waals surface area contributed by atoms with Crippen LogP contribution in [0.1, 0.15) is 11.1 Å². The van der Waals surface area contributed by atoms with Crippen LogP contribution in [0.2, 0.25) is 0 Å². The summed E-state index contributed by atoms with van der Waals surface area (Å²) in [7, 11) is 2.04. The third-order valence-electron chi connectivity index (χ3n) is 3.27. The zero-order chi connectivity index (χ0) is 13.0. The Labute approximate surface area is 108 Å². The molecule has 1 saturated heterocycles. The standard InChI is InChI=1S/C14H21FN2O/c1-11-3-4-13(15)7-12(11)9-17(2)10-14-8-16-5-6-18-14/h3-4,7,14,16H,5-6,8-10H2,1-2H3. The van der Waals surface area contributed by atoms with Crippen molar-refractivity contribution in [2.75, 3.05) is 33.3 Å². The fraction of sp³-hybridized carbons (Fsp3) is 0.571. The maximum absolute atomic E-state index is 13.2. The highest BCUT2D eigenvalue weighted by atomic mass is 19.1. The van der Waals surface area contributed by atoms with Crippen LogP contribution in [0.3, 0.4) is 0 Å². The first-order valence-electron chi connectivity index (χ1n) is 6.41. The number of hydrogen-bond acceptors (Lipinski definition) is 3. The van der Waals surface area contributed by atoms with Crippen LogP contribution < -0.4 is 5.32 Å². The molecule has 4 heteroatoms. The molecule has 0 amide bonds. The van der Waals surface area contributed by atoms with Gasteiger partial charge in [-0.2, -0.15) is 0 Å². The Morgan fingerprint density at radius 1 is 1.50 bits per heavy atom. The molecule has 0 aliphatic carbocycles. The van der Waals surface area contributed by atoms with Crippen molar-refractivity contribution in [2.24, 2.45) is 0 Å². The molecule has 100 valence electrons. The number of nitrogens with zero attached hydrogens (tertiary/aromatic N) is 1. The average molecular weight is 252 g/mol. The topological polar surface area (TPSA) is 24.5 Å². The minimum absolute atomic E-state index is 0.167. The van der Waals surface area contributed by atoms with Gasteiger partial charge in [-0.25, -0.2) is 4.39 Å². The van der Waals surface area contributed by atoms with Crippen LogP contribution in [0.15, 0.2) is 18.2 Å². The first-order chi connectivity index (χ1) is 8.65. The third-order valence-corrected chi connectivity index (χ3v) is 3.27. The summed E-state index contributed by atoms with van der Waals surface area (Å²) in [6.45, 7) is 6.24. The summed E-state index contributed by atoms with van der Waals surface area (Å²) >= 11 is 0. The van der Waals surface area contributed by atoms with Crippen molar-refractivity contribution in [1.29, 1.82) is 0 Å². The monoisotopic (exact) mass is 252 g/mol. The van der Waals surface area contributed by atoms with Crippen LogP contribution >= 0.6 is 0 Å². The molecule has 1 atom stereocenters. The maximum atomic E-state index is 13.2. The lowest BCUT2D eigenvalue weighted by Crippen LogP contribution is -2.44. The van der Waals surface area contributed by atoms with Gasteiger partial charge in [0.1, 0.15) is 5.82 Å². The van der Waals surface area contributed by atoms with Crippen molar-refractivity contribution in [2.45, 2.75) is 19.6 Å². The lowest BCUT2D eigenvalue weighted by Gasteiger charge is -2.28. The zero-order valence-electron chi connectivity index (χ0n) is 11.1. The first-order valence-corrected chi connectivity index (χ1v) is 6.41. The Morgan fingerprint density at radius 2 is 2.33 bits per heavy atom. The van der Waals surface area contributed by atoms with Gasteiger partial charge in [-0.3, -0.25) is 4.90 Å². The van der Waals surface area contributed by atoms with Gasteiger partial charge in [0.25, 0.3) is 0 Å². The molecule has 1 fully saturated rings. The fourth-order valence-corrected chi connectivity index (χ4v) is 2.25. The average Bonchev–Trinajstić information content (AvgIpc) is 2.35. The second kappa shape index (κ2) is 6.27. The highest BCUT2D eigenvalue weighted by molar-refractivity contribution is 5.26. The third kappa shape index (κ3) is 3.77. The SMILES string of the molecule is Cc1ccc(F)cc1CN(C)CC1CNCCO1. The van der Waals surface area contributed by atoms with Gasteiger partial charge in [-0.15, -0.1) is 0 Å². The van der Waals surface area contributed by atoms with E-state index in [-0.39, 0.29) is 11.9 Å². The smallest absolute Gasteiger partial charge is 0.123 e. The molecule has 0 radical (unpaired) electrons. The van der Waals surface area contributed by atoms with E-state index < -0.39 is 0 Å². The zero-order valence-corrected chi connectivity index (χ0v) is 11.1. The van der Waals surface area contributed by atoms with Crippen LogP contribution in [0.25, 0.3) is 0 Å². The summed E-state index contributed by atoms with van der Waals surface area (Å²) in [4.78, 5) is 2.18. The molecule has 0 aromatic heterocycles. The molecule has 2 rings (SSSR count). The summed E-state index contributed by atoms with van der Waals surface area (Å²) in [5.41, 5.74) is 2.17. The number of morpholine rings is 1. The van der Waals surface area contributed by atoms with Crippen molar-refractivity contribution < 1.29 is 9.13 Å². The van der Waals surface area contributed by atoms with Crippen LogP contribution in [-0.4, -0.2) is 44.3 Å². The van der Waals surface area contributed by atoms with Crippen LogP contribution in [0.5, 0.6) is 0 Å². The Morgan fingerprint density at radius 3 is 3.06 bits per heavy atom. The van der Waals surface area contributed by atoms with Gasteiger partial charge in [-0.1, -0.05) is 6.07 Å². The Hall–Kier alpha value is -0.970. The van der Waals surface area contributed by atoms with Crippen molar-refractivity contribution in [1.82, 2.24) is 10.2 Å². The normalized spacial score (nSPS) is 20.3. The number of aryl methyl sites for hydroxylation is 1. The Kier molecular flexibility index (Phi) is 4.69. The van der Waals surface area contributed by atoms with E-state index in [1.54, 1.807) is 6.07 Å². The van der Waals surface area contributed by atoms with Crippen LogP contribution in [-0.2, 0) is 11.3 Å². The van der Waals surface area contributed by atoms with E-state index in [9.17, 15) is 4.39 Å². The quantitative estimate of drug-likeness (QED) is 0.880. The number of rotatable bonds is 4. The summed E-state index contributed by atoms with van der Waals surface area (Å²) < 4.78 is 18.9. The van der Waals surface area contributed by atoms with Crippen molar-refractivity contribution in [3.63, 3.8) is 0 Å². The van der Waals surface area contributed by atoms with Gasteiger partial charge < -0.3 is 10.1 Å². The molecular formula is C14H21FN2O. The second-order valence-corrected chi connectivity index (χ2v) is 4.96. The molecule has 1 N–H and O–H groups in total. The molecular weight excluding hydrogens is 231 g/mol. The molecule has 0 spiro atoms. The van der Waals surface area contributed by atoms with Crippen LogP contribution in [0, 0.1) is 12.7 Å². The van der Waals surface area contributed by atoms with Gasteiger partial charge in [-0.05, 0) is 37.2 Å². The van der Waals surface area contributed by atoms with E-state index in [1.165, 1.54) is 6.07 Å². The molecule has 1 unspecified atom stereocenters. The summed E-state index contributed by atoms with van der Waals surface area (Å²) in [5, 5.41) is 3.31. The number of nitrogens with one attached hydrogen (secondary N) is 1. The van der Waals surface area contributed by atoms with Crippen molar-refractivity contribution in [3.05, 3.63) is 35.1 Å². The molecule has 1 aromatic carbocycles. The maximum Gasteiger partial charge on any atom is 0.123 e. The van der Waals surface area contributed by atoms with Gasteiger partial charge >= 0.3 is 0 Å². The summed E-state index contributed by atoms with van der Waals surface area (Å²) in [6.07, 6.45) is 0.234. The van der Waals surface area contributed by atoms with E-state index >= 15 is 0 Å². The number of halogens is 1. The molecule has 0 saturated carbocycles. The highest BCUT2D eigenvalue weighted by Gasteiger charge is 2.15. The molecule has 1 aromatic rings. The molecule has 1 heterocycles. The number of hydrogen-bond donors (Lipinski definition) is 1. The van der Waals surface area contributed by atoms with E-state index in [2.05, 4.69) is 10.2 Å². The largest absolute Gasteiger partial charge is 0.374 e. The lowest BCUT2D eigenvalue weighted by molar-refractivity contribution is 0.00881. The van der Waals surface area contributed by atoms with Gasteiger partial charge in [0.15, 0.2) is 0 Å². The Bertz CT molecular complexity index is 391. The van der Waals surface area contributed by atoms with Gasteiger partial charge in [0, 0.05) is 26.2 Å². The molecule has 18 heavy (non-hydrogen) atoms.